The molecule has 156 valence electrons. The van der Waals surface area contributed by atoms with E-state index in [1.54, 1.807) is 14.2 Å². The van der Waals surface area contributed by atoms with E-state index in [4.69, 9.17) is 9.47 Å². The highest BCUT2D eigenvalue weighted by atomic mass is 16.5. The van der Waals surface area contributed by atoms with E-state index in [2.05, 4.69) is 27.4 Å². The van der Waals surface area contributed by atoms with E-state index in [1.165, 1.54) is 0 Å². The normalized spacial score (nSPS) is 13.8. The van der Waals surface area contributed by atoms with Gasteiger partial charge in [0.15, 0.2) is 17.5 Å². The molecule has 0 spiro atoms. The van der Waals surface area contributed by atoms with Crippen molar-refractivity contribution < 1.29 is 14.3 Å². The summed E-state index contributed by atoms with van der Waals surface area (Å²) in [4.78, 5) is 18.5. The molecule has 1 aliphatic carbocycles. The van der Waals surface area contributed by atoms with Gasteiger partial charge in [-0.1, -0.05) is 0 Å². The fourth-order valence-corrected chi connectivity index (χ4v) is 2.95. The molecule has 0 saturated heterocycles. The molecule has 1 aromatic rings. The lowest BCUT2D eigenvalue weighted by Crippen LogP contribution is -2.38. The lowest BCUT2D eigenvalue weighted by Gasteiger charge is -2.23. The average molecular weight is 391 g/mol. The van der Waals surface area contributed by atoms with Crippen molar-refractivity contribution in [2.24, 2.45) is 4.99 Å². The molecule has 0 heterocycles. The van der Waals surface area contributed by atoms with Gasteiger partial charge < -0.3 is 25.0 Å². The average Bonchev–Trinajstić information content (AvgIpc) is 3.49. The molecule has 1 aliphatic rings. The summed E-state index contributed by atoms with van der Waals surface area (Å²) in [6.07, 6.45) is 3.51. The Labute approximate surface area is 168 Å². The summed E-state index contributed by atoms with van der Waals surface area (Å²) in [6, 6.07) is 4.42. The number of nitrogens with one attached hydrogen (secondary N) is 2. The van der Waals surface area contributed by atoms with Crippen LogP contribution in [0.2, 0.25) is 0 Å². The molecule has 1 aromatic carbocycles. The molecule has 0 bridgehead atoms. The Hall–Kier alpha value is -2.44. The SMILES string of the molecule is CCNC(=NCCCC(=O)NC1CC1)N(C)Cc1cc(OC)c(OC)cc1C. The monoisotopic (exact) mass is 390 g/mol. The number of carbonyl (C=O) groups excluding carboxylic acids is 1. The molecule has 1 fully saturated rings. The van der Waals surface area contributed by atoms with Crippen molar-refractivity contribution in [2.45, 2.75) is 52.1 Å². The first-order chi connectivity index (χ1) is 13.5. The Morgan fingerprint density at radius 2 is 1.93 bits per heavy atom. The summed E-state index contributed by atoms with van der Waals surface area (Å²) in [7, 11) is 5.30. The Bertz CT molecular complexity index is 686. The predicted octanol–water partition coefficient (Wildman–Crippen LogP) is 2.47. The van der Waals surface area contributed by atoms with Gasteiger partial charge in [0.1, 0.15) is 0 Å². The number of benzene rings is 1. The number of aliphatic imine (C=N–C) groups is 1. The molecular weight excluding hydrogens is 356 g/mol. The van der Waals surface area contributed by atoms with E-state index in [1.807, 2.05) is 26.1 Å². The van der Waals surface area contributed by atoms with Crippen LogP contribution in [0.1, 0.15) is 43.7 Å². The van der Waals surface area contributed by atoms with Crippen LogP contribution in [0.5, 0.6) is 11.5 Å². The van der Waals surface area contributed by atoms with Gasteiger partial charge in [-0.05, 0) is 56.4 Å². The zero-order valence-corrected chi connectivity index (χ0v) is 17.8. The second-order valence-electron chi connectivity index (χ2n) is 7.17. The highest BCUT2D eigenvalue weighted by molar-refractivity contribution is 5.80. The smallest absolute Gasteiger partial charge is 0.220 e. The lowest BCUT2D eigenvalue weighted by molar-refractivity contribution is -0.121. The molecule has 2 N–H and O–H groups in total. The topological polar surface area (TPSA) is 75.2 Å². The molecule has 7 heteroatoms. The minimum Gasteiger partial charge on any atom is -0.493 e. The number of nitrogens with zero attached hydrogens (tertiary/aromatic N) is 2. The molecular formula is C21H34N4O3. The van der Waals surface area contributed by atoms with Gasteiger partial charge in [-0.2, -0.15) is 0 Å². The van der Waals surface area contributed by atoms with Gasteiger partial charge in [0.2, 0.25) is 5.91 Å². The summed E-state index contributed by atoms with van der Waals surface area (Å²) in [5.74, 6) is 2.42. The zero-order valence-electron chi connectivity index (χ0n) is 17.8. The van der Waals surface area contributed by atoms with Crippen molar-refractivity contribution >= 4 is 11.9 Å². The van der Waals surface area contributed by atoms with E-state index in [0.717, 1.165) is 54.4 Å². The lowest BCUT2D eigenvalue weighted by atomic mass is 10.1. The minimum absolute atomic E-state index is 0.136. The fourth-order valence-electron chi connectivity index (χ4n) is 2.95. The third-order valence-electron chi connectivity index (χ3n) is 4.71. The summed E-state index contributed by atoms with van der Waals surface area (Å²) >= 11 is 0. The molecule has 7 nitrogen and oxygen atoms in total. The van der Waals surface area contributed by atoms with Gasteiger partial charge in [-0.3, -0.25) is 9.79 Å². The van der Waals surface area contributed by atoms with E-state index in [0.29, 0.717) is 25.6 Å². The van der Waals surface area contributed by atoms with E-state index < -0.39 is 0 Å². The Morgan fingerprint density at radius 3 is 2.54 bits per heavy atom. The first kappa shape index (κ1) is 21.9. The van der Waals surface area contributed by atoms with Crippen LogP contribution in [0.15, 0.2) is 17.1 Å². The first-order valence-electron chi connectivity index (χ1n) is 9.98. The van der Waals surface area contributed by atoms with Crippen LogP contribution in [0.4, 0.5) is 0 Å². The Kier molecular flexibility index (Phi) is 8.42. The first-order valence-corrected chi connectivity index (χ1v) is 9.98. The number of hydrogen-bond acceptors (Lipinski definition) is 4. The van der Waals surface area contributed by atoms with Crippen LogP contribution in [0.3, 0.4) is 0 Å². The Balaban J connectivity index is 1.95. The fraction of sp³-hybridized carbons (Fsp3) is 0.619. The molecule has 28 heavy (non-hydrogen) atoms. The van der Waals surface area contributed by atoms with Gasteiger partial charge in [0.05, 0.1) is 14.2 Å². The van der Waals surface area contributed by atoms with Crippen molar-refractivity contribution in [3.05, 3.63) is 23.3 Å². The zero-order chi connectivity index (χ0) is 20.5. The number of ether oxygens (including phenoxy) is 2. The van der Waals surface area contributed by atoms with E-state index in [-0.39, 0.29) is 5.91 Å². The number of hydrogen-bond donors (Lipinski definition) is 2. The highest BCUT2D eigenvalue weighted by Crippen LogP contribution is 2.30. The van der Waals surface area contributed by atoms with Gasteiger partial charge >= 0.3 is 0 Å². The van der Waals surface area contributed by atoms with E-state index >= 15 is 0 Å². The number of rotatable bonds is 10. The summed E-state index contributed by atoms with van der Waals surface area (Å²) in [5.41, 5.74) is 2.28. The van der Waals surface area contributed by atoms with Crippen molar-refractivity contribution in [3.8, 4) is 11.5 Å². The standard InChI is InChI=1S/C21H34N4O3/c1-6-22-21(23-11-7-8-20(26)24-17-9-10-17)25(3)14-16-13-19(28-5)18(27-4)12-15(16)2/h12-13,17H,6-11,14H2,1-5H3,(H,22,23)(H,24,26). The summed E-state index contributed by atoms with van der Waals surface area (Å²) in [6.45, 7) is 6.22. The van der Waals surface area contributed by atoms with Crippen molar-refractivity contribution in [1.82, 2.24) is 15.5 Å². The van der Waals surface area contributed by atoms with Gasteiger partial charge in [0.25, 0.3) is 0 Å². The van der Waals surface area contributed by atoms with Crippen molar-refractivity contribution in [2.75, 3.05) is 34.4 Å². The maximum absolute atomic E-state index is 11.8. The molecule has 0 atom stereocenters. The molecule has 1 amide bonds. The van der Waals surface area contributed by atoms with Crippen LogP contribution >= 0.6 is 0 Å². The van der Waals surface area contributed by atoms with E-state index in [9.17, 15) is 4.79 Å². The highest BCUT2D eigenvalue weighted by Gasteiger charge is 2.22. The minimum atomic E-state index is 0.136. The van der Waals surface area contributed by atoms with Crippen LogP contribution in [0, 0.1) is 6.92 Å². The largest absolute Gasteiger partial charge is 0.493 e. The quantitative estimate of drug-likeness (QED) is 0.365. The van der Waals surface area contributed by atoms with Crippen molar-refractivity contribution in [1.29, 1.82) is 0 Å². The third kappa shape index (κ3) is 6.62. The summed E-state index contributed by atoms with van der Waals surface area (Å²) in [5, 5.41) is 6.34. The van der Waals surface area contributed by atoms with Gasteiger partial charge in [-0.15, -0.1) is 0 Å². The number of methoxy groups -OCH3 is 2. The molecule has 0 radical (unpaired) electrons. The number of guanidine groups is 1. The van der Waals surface area contributed by atoms with Gasteiger partial charge in [0, 0.05) is 39.1 Å². The maximum atomic E-state index is 11.8. The van der Waals surface area contributed by atoms with Gasteiger partial charge in [-0.25, -0.2) is 0 Å². The maximum Gasteiger partial charge on any atom is 0.220 e. The van der Waals surface area contributed by atoms with Crippen molar-refractivity contribution in [3.63, 3.8) is 0 Å². The second-order valence-corrected chi connectivity index (χ2v) is 7.17. The molecule has 1 saturated carbocycles. The molecule has 2 rings (SSSR count). The Morgan fingerprint density at radius 1 is 1.25 bits per heavy atom. The number of carbonyl (C=O) groups is 1. The number of aryl methyl sites for hydroxylation is 1. The predicted molar refractivity (Wildman–Crippen MR) is 112 cm³/mol. The molecule has 0 unspecified atom stereocenters. The van der Waals surface area contributed by atoms with Crippen LogP contribution < -0.4 is 20.1 Å². The van der Waals surface area contributed by atoms with Crippen LogP contribution in [-0.2, 0) is 11.3 Å². The molecule has 0 aliphatic heterocycles. The molecule has 0 aromatic heterocycles. The van der Waals surface area contributed by atoms with Crippen LogP contribution in [0.25, 0.3) is 0 Å². The second kappa shape index (κ2) is 10.8. The number of amides is 1. The van der Waals surface area contributed by atoms with Crippen LogP contribution in [-0.4, -0.2) is 57.2 Å². The third-order valence-corrected chi connectivity index (χ3v) is 4.71. The summed E-state index contributed by atoms with van der Waals surface area (Å²) < 4.78 is 10.8.